The maximum absolute atomic E-state index is 12.7. The van der Waals surface area contributed by atoms with E-state index in [1.807, 2.05) is 0 Å². The van der Waals surface area contributed by atoms with E-state index in [2.05, 4.69) is 10.1 Å². The van der Waals surface area contributed by atoms with E-state index in [4.69, 9.17) is 0 Å². The van der Waals surface area contributed by atoms with Gasteiger partial charge in [-0.2, -0.15) is 13.2 Å². The summed E-state index contributed by atoms with van der Waals surface area (Å²) in [6, 6.07) is 7.74. The Morgan fingerprint density at radius 3 is 2.60 bits per heavy atom. The average Bonchev–Trinajstić information content (AvgIpc) is 2.83. The Morgan fingerprint density at radius 1 is 1.10 bits per heavy atom. The van der Waals surface area contributed by atoms with Gasteiger partial charge in [0.05, 0.1) is 5.56 Å². The molecule has 3 aromatic rings. The molecule has 0 bridgehead atoms. The number of halogens is 3. The molecule has 0 atom stereocenters. The molecule has 0 unspecified atom stereocenters. The topological polar surface area (TPSA) is 50.4 Å². The maximum Gasteiger partial charge on any atom is 0.416 e. The Labute approximate surface area is 111 Å². The lowest BCUT2D eigenvalue weighted by atomic mass is 10.1. The minimum absolute atomic E-state index is 0.0850. The lowest BCUT2D eigenvalue weighted by Crippen LogP contribution is -2.04. The van der Waals surface area contributed by atoms with E-state index in [1.165, 1.54) is 22.7 Å². The summed E-state index contributed by atoms with van der Waals surface area (Å²) in [5.41, 5.74) is -0.332. The van der Waals surface area contributed by atoms with Gasteiger partial charge in [-0.05, 0) is 24.3 Å². The molecule has 0 radical (unpaired) electrons. The minimum Gasteiger partial charge on any atom is -0.504 e. The van der Waals surface area contributed by atoms with Gasteiger partial charge in [0.25, 0.3) is 0 Å². The van der Waals surface area contributed by atoms with Gasteiger partial charge in [-0.15, -0.1) is 5.10 Å². The average molecular weight is 279 g/mol. The fourth-order valence-corrected chi connectivity index (χ4v) is 1.85. The van der Waals surface area contributed by atoms with Crippen molar-refractivity contribution in [3.63, 3.8) is 0 Å². The number of nitrogens with zero attached hydrogens (tertiary/aromatic N) is 3. The second-order valence-electron chi connectivity index (χ2n) is 4.18. The predicted octanol–water partition coefficient (Wildman–Crippen LogP) is 3.12. The Morgan fingerprint density at radius 2 is 1.90 bits per heavy atom. The van der Waals surface area contributed by atoms with Crippen LogP contribution >= 0.6 is 0 Å². The summed E-state index contributed by atoms with van der Waals surface area (Å²) >= 11 is 0. The third-order valence-electron chi connectivity index (χ3n) is 2.79. The number of aromatic nitrogens is 3. The molecule has 0 amide bonds. The van der Waals surface area contributed by atoms with Gasteiger partial charge in [0, 0.05) is 11.8 Å². The number of pyridine rings is 1. The summed E-state index contributed by atoms with van der Waals surface area (Å²) < 4.78 is 39.3. The van der Waals surface area contributed by atoms with Crippen LogP contribution in [0.15, 0.2) is 42.6 Å². The molecule has 20 heavy (non-hydrogen) atoms. The van der Waals surface area contributed by atoms with E-state index >= 15 is 0 Å². The molecule has 0 fully saturated rings. The van der Waals surface area contributed by atoms with Gasteiger partial charge in [-0.25, -0.2) is 9.50 Å². The first-order valence-corrected chi connectivity index (χ1v) is 5.67. The number of hydrogen-bond donors (Lipinski definition) is 1. The first-order valence-electron chi connectivity index (χ1n) is 5.67. The third-order valence-corrected chi connectivity index (χ3v) is 2.79. The lowest BCUT2D eigenvalue weighted by molar-refractivity contribution is -0.137. The number of benzene rings is 1. The highest BCUT2D eigenvalue weighted by molar-refractivity contribution is 5.62. The molecule has 2 aromatic heterocycles. The van der Waals surface area contributed by atoms with E-state index < -0.39 is 11.7 Å². The Bertz CT molecular complexity index is 780. The lowest BCUT2D eigenvalue weighted by Gasteiger charge is -2.06. The smallest absolute Gasteiger partial charge is 0.416 e. The molecule has 102 valence electrons. The predicted molar refractivity (Wildman–Crippen MR) is 65.1 cm³/mol. The van der Waals surface area contributed by atoms with Crippen molar-refractivity contribution in [1.29, 1.82) is 0 Å². The van der Waals surface area contributed by atoms with Gasteiger partial charge in [0.15, 0.2) is 17.2 Å². The molecule has 7 heteroatoms. The summed E-state index contributed by atoms with van der Waals surface area (Å²) in [6.07, 6.45) is -2.86. The van der Waals surface area contributed by atoms with Crippen LogP contribution in [-0.2, 0) is 6.18 Å². The van der Waals surface area contributed by atoms with Crippen molar-refractivity contribution in [3.05, 3.63) is 48.2 Å². The Kier molecular flexibility index (Phi) is 2.63. The molecule has 0 saturated carbocycles. The third kappa shape index (κ3) is 2.07. The highest BCUT2D eigenvalue weighted by Gasteiger charge is 2.30. The highest BCUT2D eigenvalue weighted by Crippen LogP contribution is 2.31. The molecule has 0 saturated heterocycles. The van der Waals surface area contributed by atoms with E-state index in [1.54, 1.807) is 12.3 Å². The number of alkyl halides is 3. The quantitative estimate of drug-likeness (QED) is 0.744. The number of rotatable bonds is 1. The summed E-state index contributed by atoms with van der Waals surface area (Å²) in [6.45, 7) is 0. The van der Waals surface area contributed by atoms with Gasteiger partial charge in [-0.3, -0.25) is 0 Å². The van der Waals surface area contributed by atoms with Crippen molar-refractivity contribution in [3.8, 4) is 17.1 Å². The molecule has 0 aliphatic rings. The standard InChI is InChI=1S/C13H8F3N3O/c14-13(15,16)9-4-1-3-8(7-9)11-17-12-10(20)5-2-6-19(12)18-11/h1-7,20H. The van der Waals surface area contributed by atoms with Crippen LogP contribution in [0.5, 0.6) is 5.75 Å². The van der Waals surface area contributed by atoms with Crippen LogP contribution in [0.4, 0.5) is 13.2 Å². The molecule has 4 nitrogen and oxygen atoms in total. The number of hydrogen-bond acceptors (Lipinski definition) is 3. The van der Waals surface area contributed by atoms with Crippen molar-refractivity contribution < 1.29 is 18.3 Å². The van der Waals surface area contributed by atoms with E-state index in [0.717, 1.165) is 12.1 Å². The first-order chi connectivity index (χ1) is 9.45. The minimum atomic E-state index is -4.42. The SMILES string of the molecule is Oc1cccn2nc(-c3cccc(C(F)(F)F)c3)nc12. The summed E-state index contributed by atoms with van der Waals surface area (Å²) in [7, 11) is 0. The fraction of sp³-hybridized carbons (Fsp3) is 0.0769. The van der Waals surface area contributed by atoms with E-state index in [9.17, 15) is 18.3 Å². The Balaban J connectivity index is 2.14. The molecule has 0 aliphatic heterocycles. The fourth-order valence-electron chi connectivity index (χ4n) is 1.85. The van der Waals surface area contributed by atoms with Crippen molar-refractivity contribution in [2.24, 2.45) is 0 Å². The Hall–Kier alpha value is -2.57. The second kappa shape index (κ2) is 4.22. The van der Waals surface area contributed by atoms with E-state index in [-0.39, 0.29) is 22.8 Å². The second-order valence-corrected chi connectivity index (χ2v) is 4.18. The molecule has 0 spiro atoms. The molecule has 1 aromatic carbocycles. The monoisotopic (exact) mass is 279 g/mol. The zero-order valence-corrected chi connectivity index (χ0v) is 9.96. The van der Waals surface area contributed by atoms with Crippen LogP contribution in [0.25, 0.3) is 17.0 Å². The molecular formula is C13H8F3N3O. The molecule has 1 N–H and O–H groups in total. The van der Waals surface area contributed by atoms with Gasteiger partial charge < -0.3 is 5.11 Å². The van der Waals surface area contributed by atoms with Crippen LogP contribution in [0, 0.1) is 0 Å². The number of fused-ring (bicyclic) bond motifs is 1. The van der Waals surface area contributed by atoms with Gasteiger partial charge in [-0.1, -0.05) is 12.1 Å². The van der Waals surface area contributed by atoms with Crippen molar-refractivity contribution in [2.45, 2.75) is 6.18 Å². The summed E-state index contributed by atoms with van der Waals surface area (Å²) in [5, 5.41) is 13.7. The highest BCUT2D eigenvalue weighted by atomic mass is 19.4. The van der Waals surface area contributed by atoms with Gasteiger partial charge >= 0.3 is 6.18 Å². The molecule has 2 heterocycles. The summed E-state index contributed by atoms with van der Waals surface area (Å²) in [5.74, 6) is 0.0378. The first kappa shape index (κ1) is 12.5. The normalized spacial score (nSPS) is 11.9. The van der Waals surface area contributed by atoms with Crippen molar-refractivity contribution >= 4 is 5.65 Å². The van der Waals surface area contributed by atoms with Crippen molar-refractivity contribution in [1.82, 2.24) is 14.6 Å². The summed E-state index contributed by atoms with van der Waals surface area (Å²) in [4.78, 5) is 4.04. The maximum atomic E-state index is 12.7. The van der Waals surface area contributed by atoms with Crippen LogP contribution in [0.2, 0.25) is 0 Å². The van der Waals surface area contributed by atoms with Gasteiger partial charge in [0.1, 0.15) is 0 Å². The van der Waals surface area contributed by atoms with Gasteiger partial charge in [0.2, 0.25) is 0 Å². The molecule has 3 rings (SSSR count). The zero-order chi connectivity index (χ0) is 14.3. The van der Waals surface area contributed by atoms with Crippen LogP contribution < -0.4 is 0 Å². The van der Waals surface area contributed by atoms with Crippen LogP contribution in [0.1, 0.15) is 5.56 Å². The van der Waals surface area contributed by atoms with E-state index in [0.29, 0.717) is 0 Å². The van der Waals surface area contributed by atoms with Crippen molar-refractivity contribution in [2.75, 3.05) is 0 Å². The van der Waals surface area contributed by atoms with Crippen LogP contribution in [0.3, 0.4) is 0 Å². The molecular weight excluding hydrogens is 271 g/mol. The molecule has 0 aliphatic carbocycles. The zero-order valence-electron chi connectivity index (χ0n) is 9.96. The number of aromatic hydroxyl groups is 1. The van der Waals surface area contributed by atoms with Crippen LogP contribution in [-0.4, -0.2) is 19.7 Å². The largest absolute Gasteiger partial charge is 0.504 e.